The van der Waals surface area contributed by atoms with Crippen molar-refractivity contribution in [3.8, 4) is 0 Å². The number of carboxylic acids is 1. The molecule has 1 atom stereocenters. The molecule has 1 fully saturated rings. The van der Waals surface area contributed by atoms with E-state index < -0.39 is 11.4 Å². The van der Waals surface area contributed by atoms with E-state index in [0.717, 1.165) is 12.8 Å². The van der Waals surface area contributed by atoms with Crippen LogP contribution in [-0.2, 0) is 9.59 Å². The fourth-order valence-electron chi connectivity index (χ4n) is 1.32. The zero-order chi connectivity index (χ0) is 9.19. The Morgan fingerprint density at radius 1 is 1.58 bits per heavy atom. The highest BCUT2D eigenvalue weighted by atomic mass is 16.4. The van der Waals surface area contributed by atoms with E-state index in [1.807, 2.05) is 0 Å². The lowest BCUT2D eigenvalue weighted by Crippen LogP contribution is -2.42. The first-order chi connectivity index (χ1) is 5.57. The van der Waals surface area contributed by atoms with Crippen molar-refractivity contribution < 1.29 is 14.7 Å². The highest BCUT2D eigenvalue weighted by Crippen LogP contribution is 2.26. The number of carbonyl (C=O) groups is 2. The quantitative estimate of drug-likeness (QED) is 0.560. The Balaban J connectivity index is 2.83. The smallest absolute Gasteiger partial charge is 0.318 e. The number of rotatable bonds is 1. The van der Waals surface area contributed by atoms with Gasteiger partial charge in [-0.2, -0.15) is 0 Å². The molecule has 12 heavy (non-hydrogen) atoms. The van der Waals surface area contributed by atoms with Crippen molar-refractivity contribution in [2.45, 2.75) is 26.2 Å². The first-order valence-corrected chi connectivity index (χ1v) is 4.09. The fraction of sp³-hybridized carbons (Fsp3) is 0.750. The van der Waals surface area contributed by atoms with Gasteiger partial charge in [-0.25, -0.2) is 0 Å². The second kappa shape index (κ2) is 3.13. The third-order valence-corrected chi connectivity index (χ3v) is 2.36. The molecule has 4 nitrogen and oxygen atoms in total. The molecule has 0 aliphatic carbocycles. The summed E-state index contributed by atoms with van der Waals surface area (Å²) in [6.45, 7) is 2.08. The van der Waals surface area contributed by atoms with Crippen molar-refractivity contribution in [3.05, 3.63) is 0 Å². The van der Waals surface area contributed by atoms with Gasteiger partial charge in [-0.1, -0.05) is 6.42 Å². The van der Waals surface area contributed by atoms with Crippen molar-refractivity contribution in [3.63, 3.8) is 0 Å². The third kappa shape index (κ3) is 1.42. The van der Waals surface area contributed by atoms with Gasteiger partial charge >= 0.3 is 5.97 Å². The van der Waals surface area contributed by atoms with Crippen molar-refractivity contribution in [1.29, 1.82) is 0 Å². The van der Waals surface area contributed by atoms with E-state index in [2.05, 4.69) is 5.32 Å². The lowest BCUT2D eigenvalue weighted by molar-refractivity contribution is -0.154. The molecule has 0 saturated carbocycles. The van der Waals surface area contributed by atoms with Crippen LogP contribution in [0.15, 0.2) is 0 Å². The summed E-state index contributed by atoms with van der Waals surface area (Å²) >= 11 is 0. The second-order valence-electron chi connectivity index (χ2n) is 3.35. The lowest BCUT2D eigenvalue weighted by Gasteiger charge is -2.19. The fourth-order valence-corrected chi connectivity index (χ4v) is 1.32. The summed E-state index contributed by atoms with van der Waals surface area (Å²) in [6.07, 6.45) is 2.10. The largest absolute Gasteiger partial charge is 0.480 e. The highest BCUT2D eigenvalue weighted by molar-refractivity contribution is 6.01. The van der Waals surface area contributed by atoms with Gasteiger partial charge in [-0.3, -0.25) is 9.59 Å². The van der Waals surface area contributed by atoms with E-state index >= 15 is 0 Å². The van der Waals surface area contributed by atoms with Crippen LogP contribution < -0.4 is 5.32 Å². The number of amides is 1. The van der Waals surface area contributed by atoms with Gasteiger partial charge in [0.1, 0.15) is 5.41 Å². The van der Waals surface area contributed by atoms with Gasteiger partial charge in [0, 0.05) is 6.54 Å². The Morgan fingerprint density at radius 3 is 2.83 bits per heavy atom. The number of nitrogens with one attached hydrogen (secondary N) is 1. The summed E-state index contributed by atoms with van der Waals surface area (Å²) in [5.74, 6) is -1.38. The number of hydrogen-bond acceptors (Lipinski definition) is 2. The van der Waals surface area contributed by atoms with Crippen molar-refractivity contribution in [2.75, 3.05) is 6.54 Å². The Morgan fingerprint density at radius 2 is 2.25 bits per heavy atom. The molecule has 0 bridgehead atoms. The normalized spacial score (nSPS) is 30.6. The van der Waals surface area contributed by atoms with E-state index in [4.69, 9.17) is 5.11 Å². The molecule has 1 amide bonds. The maximum absolute atomic E-state index is 11.3. The number of carbonyl (C=O) groups excluding carboxylic acids is 1. The molecular formula is C8H13NO3. The molecule has 2 N–H and O–H groups in total. The van der Waals surface area contributed by atoms with E-state index in [-0.39, 0.29) is 5.91 Å². The van der Waals surface area contributed by atoms with Crippen LogP contribution in [0.5, 0.6) is 0 Å². The molecule has 1 rings (SSSR count). The summed E-state index contributed by atoms with van der Waals surface area (Å²) in [4.78, 5) is 22.1. The average Bonchev–Trinajstić information content (AvgIpc) is 2.16. The SMILES string of the molecule is CC1(C(=O)O)CCCCNC1=O. The standard InChI is InChI=1S/C8H13NO3/c1-8(7(11)12)4-2-3-5-9-6(8)10/h2-5H2,1H3,(H,9,10)(H,11,12). The first kappa shape index (κ1) is 9.03. The third-order valence-electron chi connectivity index (χ3n) is 2.36. The predicted octanol–water partition coefficient (Wildman–Crippen LogP) is 0.377. The topological polar surface area (TPSA) is 66.4 Å². The molecule has 1 saturated heterocycles. The first-order valence-electron chi connectivity index (χ1n) is 4.09. The van der Waals surface area contributed by atoms with Crippen LogP contribution in [-0.4, -0.2) is 23.5 Å². The Kier molecular flexibility index (Phi) is 2.35. The zero-order valence-electron chi connectivity index (χ0n) is 7.09. The molecular weight excluding hydrogens is 158 g/mol. The lowest BCUT2D eigenvalue weighted by atomic mass is 9.85. The van der Waals surface area contributed by atoms with Crippen molar-refractivity contribution in [1.82, 2.24) is 5.32 Å². The molecule has 4 heteroatoms. The summed E-state index contributed by atoms with van der Waals surface area (Å²) in [6, 6.07) is 0. The maximum Gasteiger partial charge on any atom is 0.318 e. The Hall–Kier alpha value is -1.06. The van der Waals surface area contributed by atoms with E-state index in [1.165, 1.54) is 6.92 Å². The molecule has 0 radical (unpaired) electrons. The minimum absolute atomic E-state index is 0.354. The predicted molar refractivity (Wildman–Crippen MR) is 42.6 cm³/mol. The Bertz CT molecular complexity index is 214. The molecule has 1 heterocycles. The Labute approximate surface area is 71.0 Å². The number of hydrogen-bond donors (Lipinski definition) is 2. The van der Waals surface area contributed by atoms with Crippen LogP contribution >= 0.6 is 0 Å². The molecule has 1 aliphatic heterocycles. The summed E-state index contributed by atoms with van der Waals surface area (Å²) in [7, 11) is 0. The van der Waals surface area contributed by atoms with E-state index in [0.29, 0.717) is 13.0 Å². The van der Waals surface area contributed by atoms with Gasteiger partial charge in [-0.15, -0.1) is 0 Å². The summed E-state index contributed by atoms with van der Waals surface area (Å²) in [5, 5.41) is 11.4. The van der Waals surface area contributed by atoms with Gasteiger partial charge in [0.25, 0.3) is 0 Å². The molecule has 0 aromatic heterocycles. The van der Waals surface area contributed by atoms with Gasteiger partial charge < -0.3 is 10.4 Å². The van der Waals surface area contributed by atoms with Gasteiger partial charge in [0.15, 0.2) is 0 Å². The molecule has 1 aliphatic rings. The zero-order valence-corrected chi connectivity index (χ0v) is 7.09. The second-order valence-corrected chi connectivity index (χ2v) is 3.35. The van der Waals surface area contributed by atoms with Crippen LogP contribution in [0.25, 0.3) is 0 Å². The molecule has 68 valence electrons. The van der Waals surface area contributed by atoms with E-state index in [1.54, 1.807) is 0 Å². The minimum atomic E-state index is -1.21. The van der Waals surface area contributed by atoms with Crippen LogP contribution in [0.2, 0.25) is 0 Å². The maximum atomic E-state index is 11.3. The van der Waals surface area contributed by atoms with Gasteiger partial charge in [0.05, 0.1) is 0 Å². The highest BCUT2D eigenvalue weighted by Gasteiger charge is 2.41. The van der Waals surface area contributed by atoms with Gasteiger partial charge in [-0.05, 0) is 19.8 Å². The summed E-state index contributed by atoms with van der Waals surface area (Å²) in [5.41, 5.74) is -1.21. The van der Waals surface area contributed by atoms with Crippen LogP contribution in [0, 0.1) is 5.41 Å². The van der Waals surface area contributed by atoms with Crippen LogP contribution in [0.1, 0.15) is 26.2 Å². The number of carboxylic acid groups (broad SMARTS) is 1. The molecule has 1 unspecified atom stereocenters. The molecule has 0 aromatic rings. The monoisotopic (exact) mass is 171 g/mol. The van der Waals surface area contributed by atoms with Crippen molar-refractivity contribution in [2.24, 2.45) is 5.41 Å². The van der Waals surface area contributed by atoms with Crippen molar-refractivity contribution >= 4 is 11.9 Å². The molecule has 0 aromatic carbocycles. The van der Waals surface area contributed by atoms with Gasteiger partial charge in [0.2, 0.25) is 5.91 Å². The van der Waals surface area contributed by atoms with E-state index in [9.17, 15) is 9.59 Å². The van der Waals surface area contributed by atoms with Crippen LogP contribution in [0.4, 0.5) is 0 Å². The van der Waals surface area contributed by atoms with Crippen LogP contribution in [0.3, 0.4) is 0 Å². The summed E-state index contributed by atoms with van der Waals surface area (Å²) < 4.78 is 0. The average molecular weight is 171 g/mol. The number of aliphatic carboxylic acids is 1. The molecule has 0 spiro atoms. The minimum Gasteiger partial charge on any atom is -0.480 e.